The number of rotatable bonds is 5. The van der Waals surface area contributed by atoms with Crippen LogP contribution in [0.3, 0.4) is 0 Å². The molecule has 1 aromatic heterocycles. The van der Waals surface area contributed by atoms with Crippen LogP contribution in [0.4, 0.5) is 5.95 Å². The van der Waals surface area contributed by atoms with Crippen LogP contribution in [0.15, 0.2) is 10.3 Å². The second-order valence-electron chi connectivity index (χ2n) is 4.16. The Morgan fingerprint density at radius 1 is 0.941 bits per heavy atom. The molecule has 1 heterocycles. The number of hydrogen-bond donors (Lipinski definition) is 2. The molecule has 0 aliphatic carbocycles. The number of aromatic nitrogens is 3. The van der Waals surface area contributed by atoms with Gasteiger partial charge in [-0.05, 0) is 26.7 Å². The van der Waals surface area contributed by atoms with Gasteiger partial charge in [0.1, 0.15) is 0 Å². The zero-order valence-electron chi connectivity index (χ0n) is 10.8. The molecule has 0 bridgehead atoms. The van der Waals surface area contributed by atoms with Crippen LogP contribution in [0.5, 0.6) is 0 Å². The van der Waals surface area contributed by atoms with E-state index in [-0.39, 0.29) is 0 Å². The SMILES string of the molecule is CCC(C)N(c1nc(S)nc(S)n1)C(C)CC. The fourth-order valence-electron chi connectivity index (χ4n) is 1.68. The third-order valence-corrected chi connectivity index (χ3v) is 3.36. The first kappa shape index (κ1) is 14.6. The number of nitrogens with zero attached hydrogens (tertiary/aromatic N) is 4. The van der Waals surface area contributed by atoms with Crippen molar-refractivity contribution in [3.05, 3.63) is 0 Å². The average Bonchev–Trinajstić information content (AvgIpc) is 2.27. The maximum atomic E-state index is 4.29. The number of anilines is 1. The molecule has 0 saturated carbocycles. The van der Waals surface area contributed by atoms with Gasteiger partial charge in [0.05, 0.1) is 0 Å². The van der Waals surface area contributed by atoms with E-state index in [1.807, 2.05) is 0 Å². The molecule has 0 aromatic carbocycles. The summed E-state index contributed by atoms with van der Waals surface area (Å²) < 4.78 is 0. The molecule has 1 aromatic rings. The highest BCUT2D eigenvalue weighted by Crippen LogP contribution is 2.20. The quantitative estimate of drug-likeness (QED) is 0.809. The fraction of sp³-hybridized carbons (Fsp3) is 0.727. The summed E-state index contributed by atoms with van der Waals surface area (Å²) in [6.07, 6.45) is 2.08. The second kappa shape index (κ2) is 6.44. The third kappa shape index (κ3) is 3.74. The van der Waals surface area contributed by atoms with E-state index in [1.54, 1.807) is 0 Å². The molecule has 0 radical (unpaired) electrons. The lowest BCUT2D eigenvalue weighted by Gasteiger charge is -2.33. The van der Waals surface area contributed by atoms with Crippen LogP contribution >= 0.6 is 25.3 Å². The third-order valence-electron chi connectivity index (χ3n) is 2.96. The van der Waals surface area contributed by atoms with Gasteiger partial charge in [-0.2, -0.15) is 15.0 Å². The Hall–Kier alpha value is -0.490. The van der Waals surface area contributed by atoms with Crippen LogP contribution in [-0.4, -0.2) is 27.0 Å². The highest BCUT2D eigenvalue weighted by atomic mass is 32.1. The highest BCUT2D eigenvalue weighted by Gasteiger charge is 2.21. The lowest BCUT2D eigenvalue weighted by molar-refractivity contribution is 0.508. The summed E-state index contributed by atoms with van der Waals surface area (Å²) in [6, 6.07) is 0.764. The van der Waals surface area contributed by atoms with Gasteiger partial charge >= 0.3 is 0 Å². The Morgan fingerprint density at radius 3 is 1.71 bits per heavy atom. The van der Waals surface area contributed by atoms with Gasteiger partial charge in [-0.1, -0.05) is 13.8 Å². The first-order valence-electron chi connectivity index (χ1n) is 5.91. The summed E-state index contributed by atoms with van der Waals surface area (Å²) in [5.74, 6) is 0.665. The van der Waals surface area contributed by atoms with Gasteiger partial charge in [0.15, 0.2) is 10.3 Å². The van der Waals surface area contributed by atoms with Crippen molar-refractivity contribution in [2.75, 3.05) is 4.90 Å². The van der Waals surface area contributed by atoms with E-state index in [1.165, 1.54) is 0 Å². The zero-order valence-corrected chi connectivity index (χ0v) is 12.5. The van der Waals surface area contributed by atoms with E-state index in [0.717, 1.165) is 12.8 Å². The van der Waals surface area contributed by atoms with E-state index in [2.05, 4.69) is 72.8 Å². The molecule has 96 valence electrons. The Kier molecular flexibility index (Phi) is 5.52. The summed E-state index contributed by atoms with van der Waals surface area (Å²) in [5.41, 5.74) is 0. The van der Waals surface area contributed by atoms with E-state index in [9.17, 15) is 0 Å². The first-order valence-corrected chi connectivity index (χ1v) is 6.81. The van der Waals surface area contributed by atoms with Gasteiger partial charge < -0.3 is 4.90 Å². The summed E-state index contributed by atoms with van der Waals surface area (Å²) >= 11 is 8.35. The number of thiol groups is 2. The molecule has 0 N–H and O–H groups in total. The smallest absolute Gasteiger partial charge is 0.230 e. The van der Waals surface area contributed by atoms with Gasteiger partial charge in [0.2, 0.25) is 5.95 Å². The predicted molar refractivity (Wildman–Crippen MR) is 76.3 cm³/mol. The molecule has 4 nitrogen and oxygen atoms in total. The lowest BCUT2D eigenvalue weighted by atomic mass is 10.1. The average molecular weight is 272 g/mol. The van der Waals surface area contributed by atoms with E-state index >= 15 is 0 Å². The maximum Gasteiger partial charge on any atom is 0.230 e. The Bertz CT molecular complexity index is 342. The molecule has 0 fully saturated rings. The molecule has 0 aliphatic heterocycles. The Labute approximate surface area is 114 Å². The van der Waals surface area contributed by atoms with Crippen LogP contribution < -0.4 is 4.90 Å². The van der Waals surface area contributed by atoms with Crippen LogP contribution in [-0.2, 0) is 0 Å². The molecule has 2 unspecified atom stereocenters. The first-order chi connectivity index (χ1) is 7.99. The highest BCUT2D eigenvalue weighted by molar-refractivity contribution is 7.80. The van der Waals surface area contributed by atoms with Crippen molar-refractivity contribution in [3.63, 3.8) is 0 Å². The van der Waals surface area contributed by atoms with Crippen molar-refractivity contribution >= 4 is 31.2 Å². The normalized spacial score (nSPS) is 14.5. The van der Waals surface area contributed by atoms with Crippen LogP contribution in [0, 0.1) is 0 Å². The molecule has 0 aliphatic rings. The minimum atomic E-state index is 0.382. The van der Waals surface area contributed by atoms with Gasteiger partial charge in [-0.25, -0.2) is 0 Å². The van der Waals surface area contributed by atoms with Gasteiger partial charge in [0.25, 0.3) is 0 Å². The fourth-order valence-corrected chi connectivity index (χ4v) is 2.13. The summed E-state index contributed by atoms with van der Waals surface area (Å²) in [6.45, 7) is 8.66. The Balaban J connectivity index is 3.12. The number of hydrogen-bond acceptors (Lipinski definition) is 6. The molecule has 17 heavy (non-hydrogen) atoms. The minimum Gasteiger partial charge on any atom is -0.335 e. The van der Waals surface area contributed by atoms with Crippen molar-refractivity contribution in [2.24, 2.45) is 0 Å². The van der Waals surface area contributed by atoms with Crippen molar-refractivity contribution in [2.45, 2.75) is 62.9 Å². The van der Waals surface area contributed by atoms with Crippen LogP contribution in [0.2, 0.25) is 0 Å². The maximum absolute atomic E-state index is 4.29. The summed E-state index contributed by atoms with van der Waals surface area (Å²) in [5, 5.41) is 0.827. The molecule has 6 heteroatoms. The summed E-state index contributed by atoms with van der Waals surface area (Å²) in [4.78, 5) is 14.8. The van der Waals surface area contributed by atoms with Gasteiger partial charge in [0, 0.05) is 12.1 Å². The van der Waals surface area contributed by atoms with Crippen LogP contribution in [0.1, 0.15) is 40.5 Å². The molecular formula is C11H20N4S2. The van der Waals surface area contributed by atoms with E-state index in [4.69, 9.17) is 0 Å². The summed E-state index contributed by atoms with van der Waals surface area (Å²) in [7, 11) is 0. The van der Waals surface area contributed by atoms with Gasteiger partial charge in [-0.15, -0.1) is 25.3 Å². The minimum absolute atomic E-state index is 0.382. The Morgan fingerprint density at radius 2 is 1.35 bits per heavy atom. The largest absolute Gasteiger partial charge is 0.335 e. The molecule has 2 atom stereocenters. The molecule has 0 saturated heterocycles. The monoisotopic (exact) mass is 272 g/mol. The predicted octanol–water partition coefficient (Wildman–Crippen LogP) is 2.85. The molecule has 0 amide bonds. The molecule has 1 rings (SSSR count). The molecular weight excluding hydrogens is 252 g/mol. The lowest BCUT2D eigenvalue weighted by Crippen LogP contribution is -2.41. The van der Waals surface area contributed by atoms with Crippen molar-refractivity contribution in [3.8, 4) is 0 Å². The second-order valence-corrected chi connectivity index (χ2v) is 4.96. The zero-order chi connectivity index (χ0) is 13.0. The standard InChI is InChI=1S/C11H20N4S2/c1-5-7(3)15(8(4)6-2)9-12-10(16)14-11(17)13-9/h7-8H,5-6H2,1-4H3,(H2,12,13,14,16,17). The van der Waals surface area contributed by atoms with E-state index in [0.29, 0.717) is 28.3 Å². The van der Waals surface area contributed by atoms with E-state index < -0.39 is 0 Å². The van der Waals surface area contributed by atoms with Crippen molar-refractivity contribution in [1.82, 2.24) is 15.0 Å². The van der Waals surface area contributed by atoms with Crippen LogP contribution in [0.25, 0.3) is 0 Å². The topological polar surface area (TPSA) is 41.9 Å². The van der Waals surface area contributed by atoms with Crippen molar-refractivity contribution in [1.29, 1.82) is 0 Å². The van der Waals surface area contributed by atoms with Gasteiger partial charge in [-0.3, -0.25) is 0 Å². The molecule has 0 spiro atoms. The van der Waals surface area contributed by atoms with Crippen molar-refractivity contribution < 1.29 is 0 Å².